The molecular formula is C64H57N3. The number of anilines is 8. The molecule has 0 saturated carbocycles. The summed E-state index contributed by atoms with van der Waals surface area (Å²) in [5.74, 6) is 0. The Bertz CT molecular complexity index is 2990. The normalized spacial score (nSPS) is 13.5. The minimum absolute atomic E-state index is 0.968. The third kappa shape index (κ3) is 9.60. The lowest BCUT2D eigenvalue weighted by Gasteiger charge is -2.30. The molecule has 0 amide bonds. The molecule has 0 saturated heterocycles. The minimum atomic E-state index is 0.968. The lowest BCUT2D eigenvalue weighted by Crippen LogP contribution is -2.18. The number of benzene rings is 8. The van der Waals surface area contributed by atoms with Gasteiger partial charge in [0, 0.05) is 51.2 Å². The van der Waals surface area contributed by atoms with Crippen LogP contribution < -0.4 is 14.7 Å². The second kappa shape index (κ2) is 19.3. The third-order valence-corrected chi connectivity index (χ3v) is 13.2. The summed E-state index contributed by atoms with van der Waals surface area (Å²) < 4.78 is 0. The van der Waals surface area contributed by atoms with Crippen molar-refractivity contribution in [1.29, 1.82) is 0 Å². The van der Waals surface area contributed by atoms with Gasteiger partial charge in [0.05, 0.1) is 0 Å². The van der Waals surface area contributed by atoms with Crippen LogP contribution in [0.1, 0.15) is 53.5 Å². The summed E-state index contributed by atoms with van der Waals surface area (Å²) >= 11 is 0. The molecule has 10 rings (SSSR count). The molecule has 3 heteroatoms. The van der Waals surface area contributed by atoms with Crippen LogP contribution >= 0.6 is 0 Å². The highest BCUT2D eigenvalue weighted by Crippen LogP contribution is 2.41. The van der Waals surface area contributed by atoms with Gasteiger partial charge >= 0.3 is 0 Å². The number of hydrogen-bond acceptors (Lipinski definition) is 3. The fourth-order valence-electron chi connectivity index (χ4n) is 9.38. The summed E-state index contributed by atoms with van der Waals surface area (Å²) in [7, 11) is 0. The number of rotatable bonds is 12. The monoisotopic (exact) mass is 867 g/mol. The van der Waals surface area contributed by atoms with Gasteiger partial charge in [0.2, 0.25) is 0 Å². The van der Waals surface area contributed by atoms with Gasteiger partial charge in [-0.3, -0.25) is 0 Å². The first-order chi connectivity index (χ1) is 32.8. The number of para-hydroxylation sites is 1. The average Bonchev–Trinajstić information content (AvgIpc) is 3.38. The Morgan fingerprint density at radius 1 is 0.239 bits per heavy atom. The topological polar surface area (TPSA) is 9.72 Å². The number of aryl methyl sites for hydroxylation is 4. The van der Waals surface area contributed by atoms with E-state index < -0.39 is 0 Å². The summed E-state index contributed by atoms with van der Waals surface area (Å²) in [6.07, 6.45) is 13.5. The SMILES string of the molecule is Cc1ccc(N(c2ccc(C)cc2)c2ccc(C3=CC=C(C4=CC=C(N(c5ccccc5)c5ccc(-c6ccc(N(c7ccc(C)cc7)c7ccc(C)cc7)cc6)cc5)CC4)CC3)cc2)cc1. The van der Waals surface area contributed by atoms with Gasteiger partial charge in [-0.25, -0.2) is 0 Å². The van der Waals surface area contributed by atoms with Crippen LogP contribution in [0.4, 0.5) is 45.5 Å². The van der Waals surface area contributed by atoms with Crippen LogP contribution in [0.15, 0.2) is 241 Å². The quantitative estimate of drug-likeness (QED) is 0.121. The van der Waals surface area contributed by atoms with Crippen molar-refractivity contribution in [2.45, 2.75) is 53.4 Å². The molecule has 0 atom stereocenters. The fraction of sp³-hybridized carbons (Fsp3) is 0.125. The van der Waals surface area contributed by atoms with E-state index in [-0.39, 0.29) is 0 Å². The molecule has 328 valence electrons. The lowest BCUT2D eigenvalue weighted by molar-refractivity contribution is 0.854. The van der Waals surface area contributed by atoms with Crippen LogP contribution in [0.5, 0.6) is 0 Å². The van der Waals surface area contributed by atoms with Crippen molar-refractivity contribution in [1.82, 2.24) is 0 Å². The molecule has 2 aliphatic carbocycles. The third-order valence-electron chi connectivity index (χ3n) is 13.2. The smallest absolute Gasteiger partial charge is 0.0462 e. The molecule has 0 radical (unpaired) electrons. The van der Waals surface area contributed by atoms with Gasteiger partial charge in [0.25, 0.3) is 0 Å². The molecule has 0 bridgehead atoms. The Balaban J connectivity index is 0.861. The Labute approximate surface area is 397 Å². The summed E-state index contributed by atoms with van der Waals surface area (Å²) in [6.45, 7) is 8.55. The van der Waals surface area contributed by atoms with Crippen molar-refractivity contribution in [3.05, 3.63) is 269 Å². The molecule has 0 unspecified atom stereocenters. The summed E-state index contributed by atoms with van der Waals surface area (Å²) in [4.78, 5) is 7.10. The molecule has 0 fully saturated rings. The largest absolute Gasteiger partial charge is 0.314 e. The van der Waals surface area contributed by atoms with Crippen molar-refractivity contribution >= 4 is 51.1 Å². The van der Waals surface area contributed by atoms with E-state index in [1.165, 1.54) is 67.0 Å². The van der Waals surface area contributed by atoms with Crippen molar-refractivity contribution in [3.8, 4) is 11.1 Å². The van der Waals surface area contributed by atoms with Crippen LogP contribution in [0, 0.1) is 27.7 Å². The first-order valence-electron chi connectivity index (χ1n) is 23.7. The van der Waals surface area contributed by atoms with E-state index in [1.807, 2.05) is 0 Å². The molecule has 3 nitrogen and oxygen atoms in total. The van der Waals surface area contributed by atoms with Gasteiger partial charge in [-0.1, -0.05) is 144 Å². The molecular weight excluding hydrogens is 811 g/mol. The zero-order valence-electron chi connectivity index (χ0n) is 39.0. The van der Waals surface area contributed by atoms with Crippen LogP contribution in [0.3, 0.4) is 0 Å². The van der Waals surface area contributed by atoms with E-state index in [0.717, 1.165) is 65.5 Å². The average molecular weight is 868 g/mol. The fourth-order valence-corrected chi connectivity index (χ4v) is 9.38. The van der Waals surface area contributed by atoms with E-state index in [0.29, 0.717) is 0 Å². The van der Waals surface area contributed by atoms with Crippen LogP contribution in [0.25, 0.3) is 16.7 Å². The van der Waals surface area contributed by atoms with Gasteiger partial charge in [-0.2, -0.15) is 0 Å². The molecule has 0 aliphatic heterocycles. The summed E-state index contributed by atoms with van der Waals surface area (Å²) in [5.41, 5.74) is 23.5. The Kier molecular flexibility index (Phi) is 12.4. The van der Waals surface area contributed by atoms with Crippen molar-refractivity contribution in [3.63, 3.8) is 0 Å². The zero-order valence-corrected chi connectivity index (χ0v) is 39.0. The predicted molar refractivity (Wildman–Crippen MR) is 286 cm³/mol. The maximum absolute atomic E-state index is 2.43. The molecule has 0 spiro atoms. The van der Waals surface area contributed by atoms with E-state index in [2.05, 4.69) is 267 Å². The molecule has 0 heterocycles. The van der Waals surface area contributed by atoms with Crippen LogP contribution in [-0.2, 0) is 0 Å². The van der Waals surface area contributed by atoms with Crippen LogP contribution in [0.2, 0.25) is 0 Å². The summed E-state index contributed by atoms with van der Waals surface area (Å²) in [5, 5.41) is 0. The minimum Gasteiger partial charge on any atom is -0.314 e. The predicted octanol–water partition coefficient (Wildman–Crippen LogP) is 18.1. The summed E-state index contributed by atoms with van der Waals surface area (Å²) in [6, 6.07) is 73.0. The highest BCUT2D eigenvalue weighted by atomic mass is 15.2. The first kappa shape index (κ1) is 43.0. The molecule has 67 heavy (non-hydrogen) atoms. The van der Waals surface area contributed by atoms with E-state index >= 15 is 0 Å². The van der Waals surface area contributed by atoms with Gasteiger partial charge < -0.3 is 14.7 Å². The van der Waals surface area contributed by atoms with Crippen molar-refractivity contribution in [2.75, 3.05) is 14.7 Å². The highest BCUT2D eigenvalue weighted by Gasteiger charge is 2.21. The Morgan fingerprint density at radius 2 is 0.522 bits per heavy atom. The van der Waals surface area contributed by atoms with E-state index in [9.17, 15) is 0 Å². The second-order valence-corrected chi connectivity index (χ2v) is 18.1. The Hall–Kier alpha value is -7.88. The van der Waals surface area contributed by atoms with Gasteiger partial charge in [0.1, 0.15) is 0 Å². The molecule has 2 aliphatic rings. The zero-order chi connectivity index (χ0) is 45.7. The van der Waals surface area contributed by atoms with Crippen LogP contribution in [-0.4, -0.2) is 0 Å². The van der Waals surface area contributed by atoms with Gasteiger partial charge in [-0.05, 0) is 190 Å². The molecule has 8 aromatic carbocycles. The van der Waals surface area contributed by atoms with Gasteiger partial charge in [0.15, 0.2) is 0 Å². The van der Waals surface area contributed by atoms with E-state index in [4.69, 9.17) is 0 Å². The lowest BCUT2D eigenvalue weighted by atomic mass is 9.86. The molecule has 0 N–H and O–H groups in total. The maximum Gasteiger partial charge on any atom is 0.0462 e. The number of allylic oxidation sites excluding steroid dienone is 8. The Morgan fingerprint density at radius 3 is 0.866 bits per heavy atom. The van der Waals surface area contributed by atoms with Crippen molar-refractivity contribution < 1.29 is 0 Å². The van der Waals surface area contributed by atoms with E-state index in [1.54, 1.807) is 0 Å². The standard InChI is InChI=1S/C64H57N3/c1-46-10-30-57(31-11-46)66(58-32-12-47(2)13-33-58)63-42-24-53(25-43-63)51-20-18-50(19-21-51)52-22-38-61(39-23-52)65(56-8-6-5-7-9-56)62-40-26-54(27-41-62)55-28-44-64(45-29-55)67(59-34-14-48(3)15-35-59)60-36-16-49(4)17-37-60/h5-18,20,22,24-38,40-45H,19,21,23,39H2,1-4H3. The number of hydrogen-bond donors (Lipinski definition) is 0. The second-order valence-electron chi connectivity index (χ2n) is 18.1. The van der Waals surface area contributed by atoms with Crippen molar-refractivity contribution in [2.24, 2.45) is 0 Å². The maximum atomic E-state index is 2.43. The first-order valence-corrected chi connectivity index (χ1v) is 23.7. The molecule has 8 aromatic rings. The molecule has 0 aromatic heterocycles. The number of nitrogens with zero attached hydrogens (tertiary/aromatic N) is 3. The highest BCUT2D eigenvalue weighted by molar-refractivity contribution is 5.81. The van der Waals surface area contributed by atoms with Gasteiger partial charge in [-0.15, -0.1) is 0 Å².